The third-order valence-corrected chi connectivity index (χ3v) is 2.33. The number of carbonyl (C=O) groups is 2. The van der Waals surface area contributed by atoms with Crippen molar-refractivity contribution in [3.63, 3.8) is 0 Å². The van der Waals surface area contributed by atoms with Crippen molar-refractivity contribution in [3.05, 3.63) is 28.8 Å². The van der Waals surface area contributed by atoms with Crippen molar-refractivity contribution >= 4 is 29.2 Å². The van der Waals surface area contributed by atoms with E-state index in [1.807, 2.05) is 0 Å². The number of benzene rings is 1. The maximum atomic E-state index is 11.5. The van der Waals surface area contributed by atoms with Crippen LogP contribution in [0.3, 0.4) is 0 Å². The van der Waals surface area contributed by atoms with Gasteiger partial charge >= 0.3 is 5.97 Å². The topological polar surface area (TPSA) is 64.6 Å². The summed E-state index contributed by atoms with van der Waals surface area (Å²) in [5, 5.41) is 2.96. The maximum absolute atomic E-state index is 11.5. The van der Waals surface area contributed by atoms with Gasteiger partial charge < -0.3 is 14.8 Å². The molecule has 0 fully saturated rings. The Morgan fingerprint density at radius 2 is 2.11 bits per heavy atom. The highest BCUT2D eigenvalue weighted by molar-refractivity contribution is 6.31. The molecule has 0 heterocycles. The summed E-state index contributed by atoms with van der Waals surface area (Å²) in [6, 6.07) is 4.52. The summed E-state index contributed by atoms with van der Waals surface area (Å²) in [5.74, 6) is -0.900. The van der Waals surface area contributed by atoms with Crippen LogP contribution in [0.4, 0.5) is 5.69 Å². The molecule has 0 saturated carbocycles. The first-order valence-corrected chi connectivity index (χ1v) is 5.71. The Kier molecular flexibility index (Phi) is 5.61. The Bertz CT molecular complexity index is 448. The van der Waals surface area contributed by atoms with Crippen LogP contribution in [0.25, 0.3) is 0 Å². The van der Waals surface area contributed by atoms with Crippen LogP contribution in [0.15, 0.2) is 18.2 Å². The van der Waals surface area contributed by atoms with Gasteiger partial charge in [-0.3, -0.25) is 4.79 Å². The molecule has 0 bridgehead atoms. The van der Waals surface area contributed by atoms with E-state index in [1.165, 1.54) is 19.2 Å². The standard InChI is InChI=1S/C12H14ClNO4/c1-3-18-7-11(15)14-10-6-8(13)4-5-9(10)12(16)17-2/h4-6H,3,7H2,1-2H3,(H,14,15). The average Bonchev–Trinajstić information content (AvgIpc) is 2.35. The van der Waals surface area contributed by atoms with E-state index in [4.69, 9.17) is 16.3 Å². The molecule has 0 aromatic heterocycles. The Morgan fingerprint density at radius 1 is 1.39 bits per heavy atom. The van der Waals surface area contributed by atoms with E-state index in [-0.39, 0.29) is 18.1 Å². The number of hydrogen-bond donors (Lipinski definition) is 1. The predicted molar refractivity (Wildman–Crippen MR) is 67.9 cm³/mol. The zero-order valence-corrected chi connectivity index (χ0v) is 10.9. The minimum Gasteiger partial charge on any atom is -0.465 e. The fourth-order valence-electron chi connectivity index (χ4n) is 1.29. The highest BCUT2D eigenvalue weighted by atomic mass is 35.5. The molecule has 5 nitrogen and oxygen atoms in total. The molecule has 1 rings (SSSR count). The van der Waals surface area contributed by atoms with Crippen molar-refractivity contribution in [2.45, 2.75) is 6.92 Å². The van der Waals surface area contributed by atoms with Crippen molar-refractivity contribution < 1.29 is 19.1 Å². The van der Waals surface area contributed by atoms with Gasteiger partial charge in [0.2, 0.25) is 5.91 Å². The van der Waals surface area contributed by atoms with Crippen LogP contribution in [0.2, 0.25) is 5.02 Å². The van der Waals surface area contributed by atoms with Crippen LogP contribution in [0.1, 0.15) is 17.3 Å². The lowest BCUT2D eigenvalue weighted by atomic mass is 10.2. The Balaban J connectivity index is 2.88. The first kappa shape index (κ1) is 14.5. The van der Waals surface area contributed by atoms with Crippen LogP contribution < -0.4 is 5.32 Å². The SMILES string of the molecule is CCOCC(=O)Nc1cc(Cl)ccc1C(=O)OC. The summed E-state index contributed by atoms with van der Waals surface area (Å²) in [6.45, 7) is 2.14. The molecule has 1 aromatic rings. The molecule has 0 unspecified atom stereocenters. The van der Waals surface area contributed by atoms with Gasteiger partial charge in [-0.1, -0.05) is 11.6 Å². The second kappa shape index (κ2) is 6.98. The fourth-order valence-corrected chi connectivity index (χ4v) is 1.46. The van der Waals surface area contributed by atoms with E-state index >= 15 is 0 Å². The molecule has 0 aliphatic rings. The summed E-state index contributed by atoms with van der Waals surface area (Å²) in [4.78, 5) is 23.0. The zero-order valence-electron chi connectivity index (χ0n) is 10.2. The summed E-state index contributed by atoms with van der Waals surface area (Å²) >= 11 is 5.82. The van der Waals surface area contributed by atoms with E-state index in [9.17, 15) is 9.59 Å². The second-order valence-electron chi connectivity index (χ2n) is 3.37. The number of carbonyl (C=O) groups excluding carboxylic acids is 2. The van der Waals surface area contributed by atoms with Crippen molar-refractivity contribution in [1.29, 1.82) is 0 Å². The Labute approximate surface area is 110 Å². The zero-order chi connectivity index (χ0) is 13.5. The lowest BCUT2D eigenvalue weighted by molar-refractivity contribution is -0.120. The molecule has 0 aliphatic carbocycles. The molecule has 18 heavy (non-hydrogen) atoms. The van der Waals surface area contributed by atoms with Crippen LogP contribution in [-0.4, -0.2) is 32.2 Å². The van der Waals surface area contributed by atoms with Gasteiger partial charge in [0.25, 0.3) is 0 Å². The van der Waals surface area contributed by atoms with E-state index < -0.39 is 5.97 Å². The third kappa shape index (κ3) is 4.01. The van der Waals surface area contributed by atoms with Gasteiger partial charge in [-0.05, 0) is 25.1 Å². The molecule has 98 valence electrons. The smallest absolute Gasteiger partial charge is 0.339 e. The Morgan fingerprint density at radius 3 is 2.72 bits per heavy atom. The summed E-state index contributed by atoms with van der Waals surface area (Å²) in [6.07, 6.45) is 0. The fraction of sp³-hybridized carbons (Fsp3) is 0.333. The third-order valence-electron chi connectivity index (χ3n) is 2.10. The number of amides is 1. The van der Waals surface area contributed by atoms with Gasteiger partial charge in [0, 0.05) is 11.6 Å². The van der Waals surface area contributed by atoms with Gasteiger partial charge in [-0.25, -0.2) is 4.79 Å². The van der Waals surface area contributed by atoms with E-state index in [0.29, 0.717) is 17.3 Å². The first-order valence-electron chi connectivity index (χ1n) is 5.34. The molecule has 0 spiro atoms. The number of methoxy groups -OCH3 is 1. The van der Waals surface area contributed by atoms with Crippen LogP contribution >= 0.6 is 11.6 Å². The molecule has 0 aliphatic heterocycles. The summed E-state index contributed by atoms with van der Waals surface area (Å²) in [5.41, 5.74) is 0.547. The predicted octanol–water partition coefficient (Wildman–Crippen LogP) is 2.10. The van der Waals surface area contributed by atoms with Crippen molar-refractivity contribution in [1.82, 2.24) is 0 Å². The molecule has 1 aromatic carbocycles. The van der Waals surface area contributed by atoms with Crippen LogP contribution in [-0.2, 0) is 14.3 Å². The summed E-state index contributed by atoms with van der Waals surface area (Å²) < 4.78 is 9.58. The molecule has 1 amide bonds. The number of nitrogens with one attached hydrogen (secondary N) is 1. The maximum Gasteiger partial charge on any atom is 0.339 e. The van der Waals surface area contributed by atoms with E-state index in [2.05, 4.69) is 10.1 Å². The van der Waals surface area contributed by atoms with Crippen molar-refractivity contribution in [3.8, 4) is 0 Å². The normalized spacial score (nSPS) is 9.94. The molecule has 0 radical (unpaired) electrons. The number of rotatable bonds is 5. The molecule has 0 atom stereocenters. The quantitative estimate of drug-likeness (QED) is 0.833. The number of halogens is 1. The molecular formula is C12H14ClNO4. The summed E-state index contributed by atoms with van der Waals surface area (Å²) in [7, 11) is 1.27. The number of ether oxygens (including phenoxy) is 2. The minimum atomic E-state index is -0.543. The number of esters is 1. The van der Waals surface area contributed by atoms with Crippen LogP contribution in [0.5, 0.6) is 0 Å². The van der Waals surface area contributed by atoms with Crippen molar-refractivity contribution in [2.24, 2.45) is 0 Å². The van der Waals surface area contributed by atoms with Gasteiger partial charge in [-0.15, -0.1) is 0 Å². The van der Waals surface area contributed by atoms with Gasteiger partial charge in [-0.2, -0.15) is 0 Å². The largest absolute Gasteiger partial charge is 0.465 e. The average molecular weight is 272 g/mol. The molecule has 1 N–H and O–H groups in total. The number of hydrogen-bond acceptors (Lipinski definition) is 4. The van der Waals surface area contributed by atoms with Gasteiger partial charge in [0.15, 0.2) is 0 Å². The number of anilines is 1. The second-order valence-corrected chi connectivity index (χ2v) is 3.80. The lowest BCUT2D eigenvalue weighted by Gasteiger charge is -2.10. The molecule has 0 saturated heterocycles. The minimum absolute atomic E-state index is 0.0797. The van der Waals surface area contributed by atoms with Crippen molar-refractivity contribution in [2.75, 3.05) is 25.6 Å². The first-order chi connectivity index (χ1) is 8.58. The van der Waals surface area contributed by atoms with E-state index in [0.717, 1.165) is 0 Å². The van der Waals surface area contributed by atoms with E-state index in [1.54, 1.807) is 13.0 Å². The van der Waals surface area contributed by atoms with Gasteiger partial charge in [0.05, 0.1) is 18.4 Å². The Hall–Kier alpha value is -1.59. The monoisotopic (exact) mass is 271 g/mol. The van der Waals surface area contributed by atoms with Gasteiger partial charge in [0.1, 0.15) is 6.61 Å². The van der Waals surface area contributed by atoms with Crippen LogP contribution in [0, 0.1) is 0 Å². The lowest BCUT2D eigenvalue weighted by Crippen LogP contribution is -2.20. The highest BCUT2D eigenvalue weighted by Gasteiger charge is 2.14. The highest BCUT2D eigenvalue weighted by Crippen LogP contribution is 2.21. The molecule has 6 heteroatoms. The molecular weight excluding hydrogens is 258 g/mol.